The summed E-state index contributed by atoms with van der Waals surface area (Å²) in [5.74, 6) is 0.873. The van der Waals surface area contributed by atoms with Gasteiger partial charge in [-0.05, 0) is 30.7 Å². The number of aliphatic imine (C=N–C) groups is 1. The van der Waals surface area contributed by atoms with Gasteiger partial charge in [0.2, 0.25) is 0 Å². The topological polar surface area (TPSA) is 26.5 Å². The molecule has 0 unspecified atom stereocenters. The Kier molecular flexibility index (Phi) is 3.96. The van der Waals surface area contributed by atoms with Crippen LogP contribution in [0.1, 0.15) is 16.8 Å². The number of ether oxygens (including phenoxy) is 1. The Balaban J connectivity index is 1.85. The Morgan fingerprint density at radius 1 is 1.09 bits per heavy atom. The number of para-hydroxylation sites is 1. The van der Waals surface area contributed by atoms with Crippen molar-refractivity contribution in [3.8, 4) is 5.75 Å². The molecule has 2 aromatic carbocycles. The van der Waals surface area contributed by atoms with Crippen LogP contribution in [0.15, 0.2) is 53.5 Å². The SMILES string of the molecule is COc1ccc(CN=Cc2c(C)n(C)c3ccccc23)cc1. The number of hydrogen-bond acceptors (Lipinski definition) is 2. The zero-order valence-electron chi connectivity index (χ0n) is 13.2. The lowest BCUT2D eigenvalue weighted by atomic mass is 10.1. The van der Waals surface area contributed by atoms with Crippen molar-refractivity contribution in [2.45, 2.75) is 13.5 Å². The van der Waals surface area contributed by atoms with Crippen LogP contribution in [0, 0.1) is 6.92 Å². The van der Waals surface area contributed by atoms with Gasteiger partial charge < -0.3 is 9.30 Å². The summed E-state index contributed by atoms with van der Waals surface area (Å²) >= 11 is 0. The molecule has 0 aliphatic rings. The minimum atomic E-state index is 0.673. The summed E-state index contributed by atoms with van der Waals surface area (Å²) in [7, 11) is 3.77. The molecule has 22 heavy (non-hydrogen) atoms. The molecule has 1 aromatic heterocycles. The van der Waals surface area contributed by atoms with Crippen LogP contribution < -0.4 is 4.74 Å². The summed E-state index contributed by atoms with van der Waals surface area (Å²) in [6.45, 7) is 2.81. The monoisotopic (exact) mass is 292 g/mol. The van der Waals surface area contributed by atoms with Crippen LogP contribution in [0.3, 0.4) is 0 Å². The smallest absolute Gasteiger partial charge is 0.118 e. The van der Waals surface area contributed by atoms with Gasteiger partial charge in [-0.2, -0.15) is 0 Å². The van der Waals surface area contributed by atoms with Gasteiger partial charge in [0.25, 0.3) is 0 Å². The van der Waals surface area contributed by atoms with Gasteiger partial charge in [-0.1, -0.05) is 30.3 Å². The molecular formula is C19H20N2O. The molecule has 0 spiro atoms. The highest BCUT2D eigenvalue weighted by Gasteiger charge is 2.08. The van der Waals surface area contributed by atoms with Crippen molar-refractivity contribution in [3.05, 3.63) is 65.4 Å². The molecular weight excluding hydrogens is 272 g/mol. The van der Waals surface area contributed by atoms with Gasteiger partial charge in [-0.15, -0.1) is 0 Å². The molecule has 112 valence electrons. The molecule has 0 amide bonds. The molecule has 3 nitrogen and oxygen atoms in total. The maximum atomic E-state index is 5.17. The lowest BCUT2D eigenvalue weighted by Crippen LogP contribution is -1.92. The number of nitrogens with zero attached hydrogens (tertiary/aromatic N) is 2. The maximum Gasteiger partial charge on any atom is 0.118 e. The minimum absolute atomic E-state index is 0.673. The molecule has 0 radical (unpaired) electrons. The normalized spacial score (nSPS) is 11.4. The molecule has 0 atom stereocenters. The predicted molar refractivity (Wildman–Crippen MR) is 91.9 cm³/mol. The van der Waals surface area contributed by atoms with E-state index in [4.69, 9.17) is 4.74 Å². The number of aromatic nitrogens is 1. The first kappa shape index (κ1) is 14.4. The van der Waals surface area contributed by atoms with E-state index in [9.17, 15) is 0 Å². The zero-order valence-corrected chi connectivity index (χ0v) is 13.2. The van der Waals surface area contributed by atoms with E-state index in [-0.39, 0.29) is 0 Å². The number of fused-ring (bicyclic) bond motifs is 1. The molecule has 3 rings (SSSR count). The van der Waals surface area contributed by atoms with Gasteiger partial charge >= 0.3 is 0 Å². The van der Waals surface area contributed by atoms with E-state index in [0.29, 0.717) is 6.54 Å². The molecule has 3 heteroatoms. The maximum absolute atomic E-state index is 5.17. The van der Waals surface area contributed by atoms with Crippen molar-refractivity contribution >= 4 is 17.1 Å². The van der Waals surface area contributed by atoms with E-state index >= 15 is 0 Å². The van der Waals surface area contributed by atoms with E-state index in [1.807, 2.05) is 30.5 Å². The summed E-state index contributed by atoms with van der Waals surface area (Å²) in [4.78, 5) is 4.61. The van der Waals surface area contributed by atoms with Gasteiger partial charge in [-0.25, -0.2) is 0 Å². The van der Waals surface area contributed by atoms with Crippen LogP contribution in [-0.4, -0.2) is 17.9 Å². The van der Waals surface area contributed by atoms with Gasteiger partial charge in [0, 0.05) is 35.4 Å². The highest BCUT2D eigenvalue weighted by molar-refractivity contribution is 6.01. The highest BCUT2D eigenvalue weighted by atomic mass is 16.5. The molecule has 3 aromatic rings. The number of methoxy groups -OCH3 is 1. The first-order valence-corrected chi connectivity index (χ1v) is 7.37. The molecule has 0 fully saturated rings. The minimum Gasteiger partial charge on any atom is -0.497 e. The molecule has 0 bridgehead atoms. The molecule has 1 heterocycles. The second kappa shape index (κ2) is 6.06. The van der Waals surface area contributed by atoms with Gasteiger partial charge in [-0.3, -0.25) is 4.99 Å². The summed E-state index contributed by atoms with van der Waals surface area (Å²) in [6, 6.07) is 16.5. The Labute approximate surface area is 130 Å². The Hall–Kier alpha value is -2.55. The summed E-state index contributed by atoms with van der Waals surface area (Å²) in [6.07, 6.45) is 1.99. The van der Waals surface area contributed by atoms with Gasteiger partial charge in [0.1, 0.15) is 5.75 Å². The van der Waals surface area contributed by atoms with E-state index in [2.05, 4.69) is 47.8 Å². The average molecular weight is 292 g/mol. The molecule has 0 aliphatic heterocycles. The third kappa shape index (κ3) is 2.62. The van der Waals surface area contributed by atoms with Crippen LogP contribution in [0.25, 0.3) is 10.9 Å². The third-order valence-corrected chi connectivity index (χ3v) is 4.10. The van der Waals surface area contributed by atoms with Crippen LogP contribution in [0.4, 0.5) is 0 Å². The summed E-state index contributed by atoms with van der Waals surface area (Å²) in [5, 5.41) is 1.25. The van der Waals surface area contributed by atoms with Crippen LogP contribution >= 0.6 is 0 Å². The van der Waals surface area contributed by atoms with E-state index in [0.717, 1.165) is 5.75 Å². The molecule has 0 aliphatic carbocycles. The second-order valence-corrected chi connectivity index (χ2v) is 5.39. The number of benzene rings is 2. The van der Waals surface area contributed by atoms with Crippen LogP contribution in [0.2, 0.25) is 0 Å². The predicted octanol–water partition coefficient (Wildman–Crippen LogP) is 4.11. The van der Waals surface area contributed by atoms with E-state index < -0.39 is 0 Å². The Morgan fingerprint density at radius 3 is 2.55 bits per heavy atom. The first-order chi connectivity index (χ1) is 10.7. The highest BCUT2D eigenvalue weighted by Crippen LogP contribution is 2.23. The molecule has 0 N–H and O–H groups in total. The van der Waals surface area contributed by atoms with Crippen LogP contribution in [0.5, 0.6) is 5.75 Å². The lowest BCUT2D eigenvalue weighted by molar-refractivity contribution is 0.414. The average Bonchev–Trinajstić information content (AvgIpc) is 2.81. The van der Waals surface area contributed by atoms with Crippen molar-refractivity contribution in [2.75, 3.05) is 7.11 Å². The van der Waals surface area contributed by atoms with Crippen molar-refractivity contribution in [1.29, 1.82) is 0 Å². The lowest BCUT2D eigenvalue weighted by Gasteiger charge is -2.00. The van der Waals surface area contributed by atoms with E-state index in [1.165, 1.54) is 27.7 Å². The number of hydrogen-bond donors (Lipinski definition) is 0. The molecule has 0 saturated carbocycles. The van der Waals surface area contributed by atoms with Crippen molar-refractivity contribution in [2.24, 2.45) is 12.0 Å². The Morgan fingerprint density at radius 2 is 1.82 bits per heavy atom. The zero-order chi connectivity index (χ0) is 15.5. The number of aryl methyl sites for hydroxylation is 1. The fourth-order valence-electron chi connectivity index (χ4n) is 2.69. The first-order valence-electron chi connectivity index (χ1n) is 7.37. The van der Waals surface area contributed by atoms with Crippen molar-refractivity contribution in [1.82, 2.24) is 4.57 Å². The largest absolute Gasteiger partial charge is 0.497 e. The third-order valence-electron chi connectivity index (χ3n) is 4.10. The Bertz CT molecular complexity index is 813. The standard InChI is InChI=1S/C19H20N2O/c1-14-18(17-6-4-5-7-19(17)21(14)2)13-20-12-15-8-10-16(22-3)11-9-15/h4-11,13H,12H2,1-3H3. The summed E-state index contributed by atoms with van der Waals surface area (Å²) < 4.78 is 7.38. The van der Waals surface area contributed by atoms with Crippen molar-refractivity contribution < 1.29 is 4.74 Å². The van der Waals surface area contributed by atoms with Crippen LogP contribution in [-0.2, 0) is 13.6 Å². The van der Waals surface area contributed by atoms with Crippen molar-refractivity contribution in [3.63, 3.8) is 0 Å². The van der Waals surface area contributed by atoms with Gasteiger partial charge in [0.05, 0.1) is 13.7 Å². The summed E-state index contributed by atoms with van der Waals surface area (Å²) in [5.41, 5.74) is 4.85. The fourth-order valence-corrected chi connectivity index (χ4v) is 2.69. The second-order valence-electron chi connectivity index (χ2n) is 5.39. The number of rotatable bonds is 4. The molecule has 0 saturated heterocycles. The van der Waals surface area contributed by atoms with Gasteiger partial charge in [0.15, 0.2) is 0 Å². The fraction of sp³-hybridized carbons (Fsp3) is 0.211. The quantitative estimate of drug-likeness (QED) is 0.665. The van der Waals surface area contributed by atoms with E-state index in [1.54, 1.807) is 7.11 Å².